The summed E-state index contributed by atoms with van der Waals surface area (Å²) in [5.41, 5.74) is 2.24. The zero-order valence-electron chi connectivity index (χ0n) is 13.8. The van der Waals surface area contributed by atoms with Crippen LogP contribution in [0.5, 0.6) is 0 Å². The smallest absolute Gasteiger partial charge is 0.230 e. The van der Waals surface area contributed by atoms with Crippen molar-refractivity contribution in [1.82, 2.24) is 10.2 Å². The summed E-state index contributed by atoms with van der Waals surface area (Å²) in [6, 6.07) is 8.16. The minimum Gasteiger partial charge on any atom is -0.378 e. The van der Waals surface area contributed by atoms with E-state index in [-0.39, 0.29) is 5.91 Å². The molecule has 1 N–H and O–H groups in total. The summed E-state index contributed by atoms with van der Waals surface area (Å²) >= 11 is 6.73. The van der Waals surface area contributed by atoms with Crippen LogP contribution in [0.15, 0.2) is 24.3 Å². The highest BCUT2D eigenvalue weighted by Gasteiger charge is 2.09. The van der Waals surface area contributed by atoms with Gasteiger partial charge in [-0.2, -0.15) is 0 Å². The number of nitrogens with one attached hydrogen (secondary N) is 1. The number of carbonyl (C=O) groups excluding carboxylic acids is 1. The Hall–Kier alpha value is -1.27. The second-order valence-corrected chi connectivity index (χ2v) is 6.67. The molecule has 0 aliphatic rings. The zero-order chi connectivity index (χ0) is 16.5. The molecule has 0 unspecified atom stereocenters. The fourth-order valence-corrected chi connectivity index (χ4v) is 3.10. The lowest BCUT2D eigenvalue weighted by Gasteiger charge is -2.20. The minimum absolute atomic E-state index is 0.0104. The van der Waals surface area contributed by atoms with Crippen molar-refractivity contribution in [3.63, 3.8) is 0 Å². The Kier molecular flexibility index (Phi) is 8.27. The van der Waals surface area contributed by atoms with Crippen LogP contribution in [-0.4, -0.2) is 48.1 Å². The highest BCUT2D eigenvalue weighted by atomic mass is 32.2. The first-order valence-electron chi connectivity index (χ1n) is 7.42. The summed E-state index contributed by atoms with van der Waals surface area (Å²) in [6.07, 6.45) is 0. The lowest BCUT2D eigenvalue weighted by molar-refractivity contribution is -0.118. The summed E-state index contributed by atoms with van der Waals surface area (Å²) < 4.78 is 0.787. The predicted molar refractivity (Wildman–Crippen MR) is 101 cm³/mol. The van der Waals surface area contributed by atoms with Gasteiger partial charge < -0.3 is 15.1 Å². The third kappa shape index (κ3) is 6.23. The molecule has 0 aliphatic heterocycles. The fourth-order valence-electron chi connectivity index (χ4n) is 1.86. The summed E-state index contributed by atoms with van der Waals surface area (Å²) in [6.45, 7) is 6.43. The number of thiocarbonyl (C=S) groups is 1. The number of benzene rings is 1. The summed E-state index contributed by atoms with van der Waals surface area (Å²) in [4.78, 5) is 16.0. The standard InChI is InChI=1S/C16H25N3OS2/c1-5-19(6-2)16(21)22-12-15(20)17-11-13-7-9-14(10-8-13)18(3)4/h7-10H,5-6,11-12H2,1-4H3,(H,17,20). The van der Waals surface area contributed by atoms with E-state index < -0.39 is 0 Å². The maximum Gasteiger partial charge on any atom is 0.230 e. The molecule has 6 heteroatoms. The maximum atomic E-state index is 11.9. The van der Waals surface area contributed by atoms with Crippen LogP contribution in [0.3, 0.4) is 0 Å². The van der Waals surface area contributed by atoms with Crippen molar-refractivity contribution < 1.29 is 4.79 Å². The van der Waals surface area contributed by atoms with Crippen LogP contribution in [0.4, 0.5) is 5.69 Å². The van der Waals surface area contributed by atoms with Crippen molar-refractivity contribution in [3.05, 3.63) is 29.8 Å². The van der Waals surface area contributed by atoms with E-state index in [1.807, 2.05) is 43.3 Å². The predicted octanol–water partition coefficient (Wildman–Crippen LogP) is 2.73. The lowest BCUT2D eigenvalue weighted by Crippen LogP contribution is -2.30. The van der Waals surface area contributed by atoms with E-state index in [1.165, 1.54) is 11.8 Å². The molecule has 0 saturated heterocycles. The average molecular weight is 340 g/mol. The SMILES string of the molecule is CCN(CC)C(=S)SCC(=O)NCc1ccc(N(C)C)cc1. The first kappa shape index (κ1) is 18.8. The Labute approximate surface area is 143 Å². The molecule has 1 amide bonds. The number of carbonyl (C=O) groups is 1. The van der Waals surface area contributed by atoms with Crippen LogP contribution < -0.4 is 10.2 Å². The molecule has 1 aromatic rings. The number of hydrogen-bond acceptors (Lipinski definition) is 4. The topological polar surface area (TPSA) is 35.6 Å². The van der Waals surface area contributed by atoms with E-state index in [0.717, 1.165) is 28.7 Å². The first-order valence-corrected chi connectivity index (χ1v) is 8.82. The molecule has 0 aliphatic carbocycles. The Morgan fingerprint density at radius 1 is 1.18 bits per heavy atom. The number of hydrogen-bond donors (Lipinski definition) is 1. The normalized spacial score (nSPS) is 10.2. The third-order valence-corrected chi connectivity index (χ3v) is 4.81. The van der Waals surface area contributed by atoms with Gasteiger partial charge in [-0.05, 0) is 31.5 Å². The molecule has 0 bridgehead atoms. The van der Waals surface area contributed by atoms with Crippen LogP contribution in [-0.2, 0) is 11.3 Å². The van der Waals surface area contributed by atoms with Crippen molar-refractivity contribution in [2.75, 3.05) is 37.8 Å². The van der Waals surface area contributed by atoms with Gasteiger partial charge in [-0.3, -0.25) is 4.79 Å². The van der Waals surface area contributed by atoms with Gasteiger partial charge in [0.15, 0.2) is 0 Å². The summed E-state index contributed by atoms with van der Waals surface area (Å²) in [7, 11) is 4.01. The molecule has 4 nitrogen and oxygen atoms in total. The molecule has 0 aromatic heterocycles. The fraction of sp³-hybridized carbons (Fsp3) is 0.500. The molecule has 122 valence electrons. The molecule has 0 saturated carbocycles. The van der Waals surface area contributed by atoms with Crippen molar-refractivity contribution in [1.29, 1.82) is 0 Å². The van der Waals surface area contributed by atoms with Gasteiger partial charge >= 0.3 is 0 Å². The average Bonchev–Trinajstić information content (AvgIpc) is 2.52. The number of rotatable bonds is 7. The third-order valence-electron chi connectivity index (χ3n) is 3.29. The maximum absolute atomic E-state index is 11.9. The second-order valence-electron chi connectivity index (χ2n) is 5.06. The summed E-state index contributed by atoms with van der Waals surface area (Å²) in [5.74, 6) is 0.377. The molecule has 0 atom stereocenters. The highest BCUT2D eigenvalue weighted by molar-refractivity contribution is 8.23. The molecule has 0 spiro atoms. The highest BCUT2D eigenvalue weighted by Crippen LogP contribution is 2.12. The van der Waals surface area contributed by atoms with Gasteiger partial charge in [0.25, 0.3) is 0 Å². The van der Waals surface area contributed by atoms with Crippen molar-refractivity contribution in [3.8, 4) is 0 Å². The largest absolute Gasteiger partial charge is 0.378 e. The van der Waals surface area contributed by atoms with E-state index in [0.29, 0.717) is 12.3 Å². The van der Waals surface area contributed by atoms with E-state index >= 15 is 0 Å². The molecular weight excluding hydrogens is 314 g/mol. The minimum atomic E-state index is 0.0104. The first-order chi connectivity index (χ1) is 10.5. The van der Waals surface area contributed by atoms with Gasteiger partial charge in [0.1, 0.15) is 4.32 Å². The number of anilines is 1. The zero-order valence-corrected chi connectivity index (χ0v) is 15.4. The second kappa shape index (κ2) is 9.69. The van der Waals surface area contributed by atoms with E-state index in [9.17, 15) is 4.79 Å². The van der Waals surface area contributed by atoms with Crippen LogP contribution in [0.1, 0.15) is 19.4 Å². The molecule has 1 aromatic carbocycles. The molecular formula is C16H25N3OS2. The number of nitrogens with zero attached hydrogens (tertiary/aromatic N) is 2. The van der Waals surface area contributed by atoms with Crippen molar-refractivity contribution in [2.45, 2.75) is 20.4 Å². The molecule has 1 rings (SSSR count). The van der Waals surface area contributed by atoms with Gasteiger partial charge in [-0.1, -0.05) is 36.1 Å². The van der Waals surface area contributed by atoms with Gasteiger partial charge in [0.05, 0.1) is 5.75 Å². The quantitative estimate of drug-likeness (QED) is 0.773. The van der Waals surface area contributed by atoms with Crippen molar-refractivity contribution in [2.24, 2.45) is 0 Å². The van der Waals surface area contributed by atoms with E-state index in [4.69, 9.17) is 12.2 Å². The van der Waals surface area contributed by atoms with Crippen LogP contribution >= 0.6 is 24.0 Å². The van der Waals surface area contributed by atoms with Gasteiger partial charge in [0, 0.05) is 39.4 Å². The van der Waals surface area contributed by atoms with E-state index in [2.05, 4.69) is 24.1 Å². The molecule has 0 radical (unpaired) electrons. The monoisotopic (exact) mass is 339 g/mol. The Morgan fingerprint density at radius 2 is 1.77 bits per heavy atom. The van der Waals surface area contributed by atoms with Crippen LogP contribution in [0, 0.1) is 0 Å². The van der Waals surface area contributed by atoms with Gasteiger partial charge in [-0.15, -0.1) is 0 Å². The van der Waals surface area contributed by atoms with Crippen LogP contribution in [0.25, 0.3) is 0 Å². The van der Waals surface area contributed by atoms with Crippen molar-refractivity contribution >= 4 is 39.9 Å². The van der Waals surface area contributed by atoms with Crippen LogP contribution in [0.2, 0.25) is 0 Å². The molecule has 0 fully saturated rings. The lowest BCUT2D eigenvalue weighted by atomic mass is 10.2. The molecule has 22 heavy (non-hydrogen) atoms. The Balaban J connectivity index is 2.35. The molecule has 0 heterocycles. The Bertz CT molecular complexity index is 485. The summed E-state index contributed by atoms with van der Waals surface area (Å²) in [5, 5.41) is 2.93. The number of amides is 1. The van der Waals surface area contributed by atoms with E-state index in [1.54, 1.807) is 0 Å². The Morgan fingerprint density at radius 3 is 2.27 bits per heavy atom. The number of thioether (sulfide) groups is 1. The van der Waals surface area contributed by atoms with Gasteiger partial charge in [-0.25, -0.2) is 0 Å². The van der Waals surface area contributed by atoms with Gasteiger partial charge in [0.2, 0.25) is 5.91 Å².